The lowest BCUT2D eigenvalue weighted by Gasteiger charge is -2.14. The zero-order valence-electron chi connectivity index (χ0n) is 18.3. The van der Waals surface area contributed by atoms with Gasteiger partial charge in [0, 0.05) is 12.1 Å². The van der Waals surface area contributed by atoms with Gasteiger partial charge >= 0.3 is 0 Å². The molecule has 11 heteroatoms. The number of anilines is 1. The van der Waals surface area contributed by atoms with Crippen LogP contribution in [0.5, 0.6) is 5.75 Å². The van der Waals surface area contributed by atoms with E-state index in [-0.39, 0.29) is 30.0 Å². The van der Waals surface area contributed by atoms with Crippen LogP contribution in [0.1, 0.15) is 24.4 Å². The number of nitrogens with one attached hydrogen (secondary N) is 2. The SMILES string of the molecule is COc1ccc(CC(=O)N[C@H](C)c2nnc(SCC(=O)Nc3ccc(Cl)cc3Cl)n2C)cc1. The van der Waals surface area contributed by atoms with E-state index in [1.807, 2.05) is 31.2 Å². The zero-order chi connectivity index (χ0) is 24.0. The van der Waals surface area contributed by atoms with E-state index in [1.165, 1.54) is 11.8 Å². The molecular formula is C22H23Cl2N5O3S. The average molecular weight is 508 g/mol. The minimum absolute atomic E-state index is 0.114. The molecule has 0 saturated carbocycles. The van der Waals surface area contributed by atoms with Crippen LogP contribution in [0.15, 0.2) is 47.6 Å². The molecule has 2 amide bonds. The van der Waals surface area contributed by atoms with Gasteiger partial charge in [-0.3, -0.25) is 9.59 Å². The number of thioether (sulfide) groups is 1. The average Bonchev–Trinajstić information content (AvgIpc) is 3.15. The Balaban J connectivity index is 1.53. The van der Waals surface area contributed by atoms with Crippen molar-refractivity contribution < 1.29 is 14.3 Å². The van der Waals surface area contributed by atoms with Crippen LogP contribution in [0.25, 0.3) is 0 Å². The molecule has 0 unspecified atom stereocenters. The summed E-state index contributed by atoms with van der Waals surface area (Å²) in [5.74, 6) is 1.06. The van der Waals surface area contributed by atoms with Gasteiger partial charge in [0.2, 0.25) is 11.8 Å². The van der Waals surface area contributed by atoms with Gasteiger partial charge in [0.1, 0.15) is 5.75 Å². The van der Waals surface area contributed by atoms with Crippen LogP contribution in [-0.2, 0) is 23.1 Å². The number of carbonyl (C=O) groups excluding carboxylic acids is 2. The molecular weight excluding hydrogens is 485 g/mol. The third kappa shape index (κ3) is 6.86. The normalized spacial score (nSPS) is 11.7. The third-order valence-electron chi connectivity index (χ3n) is 4.69. The molecule has 0 spiro atoms. The van der Waals surface area contributed by atoms with Gasteiger partial charge in [-0.15, -0.1) is 10.2 Å². The second kappa shape index (κ2) is 11.4. The van der Waals surface area contributed by atoms with Crippen LogP contribution in [0.4, 0.5) is 5.69 Å². The molecule has 1 atom stereocenters. The first-order valence-corrected chi connectivity index (χ1v) is 11.7. The van der Waals surface area contributed by atoms with Crippen LogP contribution in [0.2, 0.25) is 10.0 Å². The molecule has 2 N–H and O–H groups in total. The smallest absolute Gasteiger partial charge is 0.234 e. The number of rotatable bonds is 9. The van der Waals surface area contributed by atoms with Gasteiger partial charge in [-0.05, 0) is 42.8 Å². The van der Waals surface area contributed by atoms with Crippen molar-refractivity contribution in [1.82, 2.24) is 20.1 Å². The maximum absolute atomic E-state index is 12.4. The molecule has 0 fully saturated rings. The lowest BCUT2D eigenvalue weighted by atomic mass is 10.1. The van der Waals surface area contributed by atoms with Crippen LogP contribution in [0.3, 0.4) is 0 Å². The number of methoxy groups -OCH3 is 1. The number of halogens is 2. The molecule has 0 saturated heterocycles. The summed E-state index contributed by atoms with van der Waals surface area (Å²) in [6.07, 6.45) is 0.237. The zero-order valence-corrected chi connectivity index (χ0v) is 20.6. The predicted molar refractivity (Wildman–Crippen MR) is 130 cm³/mol. The fourth-order valence-electron chi connectivity index (χ4n) is 3.02. The standard InChI is InChI=1S/C22H23Cl2N5O3S/c1-13(25-19(30)10-14-4-7-16(32-3)8-5-14)21-27-28-22(29(21)2)33-12-20(31)26-18-9-6-15(23)11-17(18)24/h4-9,11,13H,10,12H2,1-3H3,(H,25,30)(H,26,31)/t13-/m1/s1. The molecule has 33 heavy (non-hydrogen) atoms. The Labute approximate surface area is 206 Å². The van der Waals surface area contributed by atoms with Crippen LogP contribution in [0, 0.1) is 0 Å². The molecule has 1 heterocycles. The lowest BCUT2D eigenvalue weighted by Crippen LogP contribution is -2.29. The minimum Gasteiger partial charge on any atom is -0.497 e. The second-order valence-corrected chi connectivity index (χ2v) is 8.96. The van der Waals surface area contributed by atoms with Gasteiger partial charge < -0.3 is 19.9 Å². The summed E-state index contributed by atoms with van der Waals surface area (Å²) in [6.45, 7) is 1.83. The molecule has 0 aliphatic carbocycles. The van der Waals surface area contributed by atoms with Crippen LogP contribution < -0.4 is 15.4 Å². The highest BCUT2D eigenvalue weighted by atomic mass is 35.5. The van der Waals surface area contributed by atoms with Gasteiger partial charge in [0.25, 0.3) is 0 Å². The maximum atomic E-state index is 12.4. The first kappa shape index (κ1) is 24.9. The van der Waals surface area contributed by atoms with E-state index >= 15 is 0 Å². The van der Waals surface area contributed by atoms with Crippen molar-refractivity contribution >= 4 is 52.5 Å². The first-order chi connectivity index (χ1) is 15.8. The van der Waals surface area contributed by atoms with E-state index in [9.17, 15) is 9.59 Å². The van der Waals surface area contributed by atoms with E-state index in [2.05, 4.69) is 20.8 Å². The van der Waals surface area contributed by atoms with Crippen LogP contribution in [-0.4, -0.2) is 39.4 Å². The van der Waals surface area contributed by atoms with Gasteiger partial charge in [-0.2, -0.15) is 0 Å². The molecule has 2 aromatic carbocycles. The number of hydrogen-bond acceptors (Lipinski definition) is 6. The van der Waals surface area contributed by atoms with Crippen molar-refractivity contribution in [3.63, 3.8) is 0 Å². The molecule has 8 nitrogen and oxygen atoms in total. The van der Waals surface area contributed by atoms with E-state index in [0.717, 1.165) is 11.3 Å². The predicted octanol–water partition coefficient (Wildman–Crippen LogP) is 4.28. The van der Waals surface area contributed by atoms with Gasteiger partial charge in [-0.25, -0.2) is 0 Å². The Bertz CT molecular complexity index is 1140. The van der Waals surface area contributed by atoms with E-state index in [1.54, 1.807) is 36.9 Å². The molecule has 0 radical (unpaired) electrons. The summed E-state index contributed by atoms with van der Waals surface area (Å²) in [5.41, 5.74) is 1.36. The molecule has 0 aliphatic heterocycles. The molecule has 0 bridgehead atoms. The van der Waals surface area contributed by atoms with Crippen molar-refractivity contribution in [2.75, 3.05) is 18.2 Å². The van der Waals surface area contributed by atoms with Crippen molar-refractivity contribution in [3.05, 3.63) is 63.9 Å². The monoisotopic (exact) mass is 507 g/mol. The number of aromatic nitrogens is 3. The molecule has 3 aromatic rings. The molecule has 0 aliphatic rings. The van der Waals surface area contributed by atoms with Gasteiger partial charge in [0.05, 0.1) is 36.0 Å². The van der Waals surface area contributed by atoms with Crippen molar-refractivity contribution in [2.45, 2.75) is 24.5 Å². The minimum atomic E-state index is -0.357. The highest BCUT2D eigenvalue weighted by Crippen LogP contribution is 2.26. The summed E-state index contributed by atoms with van der Waals surface area (Å²) >= 11 is 13.2. The Morgan fingerprint density at radius 3 is 2.52 bits per heavy atom. The molecule has 1 aromatic heterocycles. The number of nitrogens with zero attached hydrogens (tertiary/aromatic N) is 3. The maximum Gasteiger partial charge on any atom is 0.234 e. The molecule has 174 valence electrons. The lowest BCUT2D eigenvalue weighted by molar-refractivity contribution is -0.121. The van der Waals surface area contributed by atoms with E-state index in [4.69, 9.17) is 27.9 Å². The summed E-state index contributed by atoms with van der Waals surface area (Å²) in [6, 6.07) is 11.8. The third-order valence-corrected chi connectivity index (χ3v) is 6.26. The summed E-state index contributed by atoms with van der Waals surface area (Å²) in [7, 11) is 3.39. The number of carbonyl (C=O) groups is 2. The Hall–Kier alpha value is -2.75. The van der Waals surface area contributed by atoms with Gasteiger partial charge in [0.15, 0.2) is 11.0 Å². The fraction of sp³-hybridized carbons (Fsp3) is 0.273. The summed E-state index contributed by atoms with van der Waals surface area (Å²) in [5, 5.41) is 15.4. The summed E-state index contributed by atoms with van der Waals surface area (Å²) < 4.78 is 6.89. The topological polar surface area (TPSA) is 98.1 Å². The van der Waals surface area contributed by atoms with E-state index < -0.39 is 0 Å². The van der Waals surface area contributed by atoms with Crippen LogP contribution >= 0.6 is 35.0 Å². The largest absolute Gasteiger partial charge is 0.497 e. The first-order valence-electron chi connectivity index (χ1n) is 9.96. The number of benzene rings is 2. The highest BCUT2D eigenvalue weighted by Gasteiger charge is 2.19. The highest BCUT2D eigenvalue weighted by molar-refractivity contribution is 7.99. The number of ether oxygens (including phenoxy) is 1. The Morgan fingerprint density at radius 1 is 1.12 bits per heavy atom. The van der Waals surface area contributed by atoms with E-state index in [0.29, 0.717) is 26.7 Å². The summed E-state index contributed by atoms with van der Waals surface area (Å²) in [4.78, 5) is 24.7. The number of amides is 2. The van der Waals surface area contributed by atoms with Crippen molar-refractivity contribution in [2.24, 2.45) is 7.05 Å². The Morgan fingerprint density at radius 2 is 1.85 bits per heavy atom. The number of hydrogen-bond donors (Lipinski definition) is 2. The Kier molecular flexibility index (Phi) is 8.60. The van der Waals surface area contributed by atoms with Crippen molar-refractivity contribution in [1.29, 1.82) is 0 Å². The molecule has 3 rings (SSSR count). The quantitative estimate of drug-likeness (QED) is 0.419. The second-order valence-electron chi connectivity index (χ2n) is 7.17. The van der Waals surface area contributed by atoms with Gasteiger partial charge in [-0.1, -0.05) is 47.1 Å². The van der Waals surface area contributed by atoms with Crippen molar-refractivity contribution in [3.8, 4) is 5.75 Å². The fourth-order valence-corrected chi connectivity index (χ4v) is 4.20.